The summed E-state index contributed by atoms with van der Waals surface area (Å²) in [5.41, 5.74) is 2.85. The van der Waals surface area contributed by atoms with Crippen LogP contribution in [0.2, 0.25) is 0 Å². The highest BCUT2D eigenvalue weighted by Gasteiger charge is 2.34. The lowest BCUT2D eigenvalue weighted by atomic mass is 9.88. The van der Waals surface area contributed by atoms with Crippen LogP contribution in [0.4, 0.5) is 13.2 Å². The van der Waals surface area contributed by atoms with Crippen LogP contribution in [-0.2, 0) is 19.0 Å². The molecule has 1 N–H and O–H groups in total. The van der Waals surface area contributed by atoms with Crippen LogP contribution < -0.4 is 4.74 Å². The number of methoxy groups -OCH3 is 1. The summed E-state index contributed by atoms with van der Waals surface area (Å²) in [7, 11) is 3.40. The Kier molecular flexibility index (Phi) is 5.72. The molecule has 0 unspecified atom stereocenters. The number of likely N-dealkylation sites (tertiary alicyclic amines) is 1. The lowest BCUT2D eigenvalue weighted by Crippen LogP contribution is -2.35. The molecule has 4 rings (SSSR count). The van der Waals surface area contributed by atoms with E-state index in [2.05, 4.69) is 22.1 Å². The van der Waals surface area contributed by atoms with Crippen LogP contribution in [0.15, 0.2) is 18.2 Å². The molecule has 0 amide bonds. The molecule has 1 aromatic carbocycles. The third-order valence-electron chi connectivity index (χ3n) is 6.24. The molecule has 1 aromatic heterocycles. The molecule has 30 heavy (non-hydrogen) atoms. The van der Waals surface area contributed by atoms with Gasteiger partial charge in [0.1, 0.15) is 17.5 Å². The molecule has 2 atom stereocenters. The predicted octanol–water partition coefficient (Wildman–Crippen LogP) is 4.03. The summed E-state index contributed by atoms with van der Waals surface area (Å²) in [6.07, 6.45) is -0.699. The Morgan fingerprint density at radius 2 is 1.93 bits per heavy atom. The van der Waals surface area contributed by atoms with Gasteiger partial charge >= 0.3 is 6.18 Å². The summed E-state index contributed by atoms with van der Waals surface area (Å²) in [6, 6.07) is 3.44. The van der Waals surface area contributed by atoms with Gasteiger partial charge in [-0.25, -0.2) is 0 Å². The van der Waals surface area contributed by atoms with Gasteiger partial charge in [-0.3, -0.25) is 0 Å². The van der Waals surface area contributed by atoms with Crippen LogP contribution in [0, 0.1) is 5.92 Å². The second kappa shape index (κ2) is 8.15. The van der Waals surface area contributed by atoms with Gasteiger partial charge in [-0.05, 0) is 75.0 Å². The molecule has 2 aromatic rings. The zero-order valence-electron chi connectivity index (χ0n) is 17.2. The Balaban J connectivity index is 1.73. The van der Waals surface area contributed by atoms with Gasteiger partial charge in [0.2, 0.25) is 0 Å². The van der Waals surface area contributed by atoms with E-state index in [9.17, 15) is 18.3 Å². The highest BCUT2D eigenvalue weighted by molar-refractivity contribution is 5.72. The van der Waals surface area contributed by atoms with Crippen molar-refractivity contribution in [2.45, 2.75) is 44.4 Å². The summed E-state index contributed by atoms with van der Waals surface area (Å²) in [4.78, 5) is 2.21. The van der Waals surface area contributed by atoms with E-state index in [1.54, 1.807) is 0 Å². The van der Waals surface area contributed by atoms with E-state index in [4.69, 9.17) is 4.74 Å². The normalized spacial score (nSPS) is 20.8. The lowest BCUT2D eigenvalue weighted by molar-refractivity contribution is -0.137. The van der Waals surface area contributed by atoms with Gasteiger partial charge in [0.15, 0.2) is 0 Å². The number of aliphatic hydroxyl groups is 1. The minimum Gasteiger partial charge on any atom is -0.496 e. The first-order valence-electron chi connectivity index (χ1n) is 10.3. The Labute approximate surface area is 173 Å². The van der Waals surface area contributed by atoms with Crippen LogP contribution >= 0.6 is 0 Å². The van der Waals surface area contributed by atoms with Crippen LogP contribution in [-0.4, -0.2) is 47.5 Å². The number of rotatable bonds is 4. The van der Waals surface area contributed by atoms with Crippen molar-refractivity contribution in [2.24, 2.45) is 5.92 Å². The van der Waals surface area contributed by atoms with Crippen molar-refractivity contribution in [3.63, 3.8) is 0 Å². The molecule has 5 nitrogen and oxygen atoms in total. The summed E-state index contributed by atoms with van der Waals surface area (Å²) in [5, 5.41) is 19.8. The summed E-state index contributed by atoms with van der Waals surface area (Å²) < 4.78 is 44.5. The van der Waals surface area contributed by atoms with Crippen molar-refractivity contribution in [2.75, 3.05) is 27.2 Å². The highest BCUT2D eigenvalue weighted by atomic mass is 19.4. The number of aromatic nitrogens is 2. The molecule has 1 aliphatic heterocycles. The molecule has 0 bridgehead atoms. The number of aliphatic hydroxyl groups excluding tert-OH is 1. The van der Waals surface area contributed by atoms with Crippen LogP contribution in [0.25, 0.3) is 11.3 Å². The predicted molar refractivity (Wildman–Crippen MR) is 106 cm³/mol. The quantitative estimate of drug-likeness (QED) is 0.808. The van der Waals surface area contributed by atoms with Crippen LogP contribution in [0.1, 0.15) is 47.8 Å². The van der Waals surface area contributed by atoms with E-state index in [1.165, 1.54) is 13.2 Å². The topological polar surface area (TPSA) is 58.5 Å². The molecule has 8 heteroatoms. The maximum absolute atomic E-state index is 13.1. The number of alkyl halides is 3. The molecular formula is C22H26F3N3O2. The van der Waals surface area contributed by atoms with E-state index >= 15 is 0 Å². The van der Waals surface area contributed by atoms with Crippen molar-refractivity contribution >= 4 is 0 Å². The SMILES string of the molecule is COc1cc(C(F)(F)F)ccc1-c1nnc([C@H](O)[C@@H]2CCCN(C)C2)c2c1CCC2. The summed E-state index contributed by atoms with van der Waals surface area (Å²) in [5.74, 6) is 0.227. The minimum absolute atomic E-state index is 0.106. The number of hydrogen-bond acceptors (Lipinski definition) is 5. The second-order valence-corrected chi connectivity index (χ2v) is 8.27. The van der Waals surface area contributed by atoms with Crippen molar-refractivity contribution in [3.05, 3.63) is 40.6 Å². The first-order valence-corrected chi connectivity index (χ1v) is 10.3. The molecule has 1 saturated heterocycles. The van der Waals surface area contributed by atoms with Crippen molar-refractivity contribution < 1.29 is 23.0 Å². The number of hydrogen-bond donors (Lipinski definition) is 1. The molecule has 0 radical (unpaired) electrons. The van der Waals surface area contributed by atoms with Gasteiger partial charge in [0.05, 0.1) is 18.4 Å². The Morgan fingerprint density at radius 1 is 1.17 bits per heavy atom. The largest absolute Gasteiger partial charge is 0.496 e. The standard InChI is InChI=1S/C22H26F3N3O2/c1-28-10-4-5-13(12-28)21(29)20-16-7-3-6-15(16)19(26-27-20)17-9-8-14(22(23,24)25)11-18(17)30-2/h8-9,11,13,21,29H,3-7,10,12H2,1-2H3/t13-,21-/m1/s1. The summed E-state index contributed by atoms with van der Waals surface area (Å²) >= 11 is 0. The molecule has 1 fully saturated rings. The van der Waals surface area contributed by atoms with E-state index in [1.807, 2.05) is 0 Å². The number of ether oxygens (including phenoxy) is 1. The average molecular weight is 421 g/mol. The van der Waals surface area contributed by atoms with Crippen molar-refractivity contribution in [1.82, 2.24) is 15.1 Å². The van der Waals surface area contributed by atoms with E-state index in [0.29, 0.717) is 17.0 Å². The fourth-order valence-corrected chi connectivity index (χ4v) is 4.72. The van der Waals surface area contributed by atoms with Gasteiger partial charge < -0.3 is 14.7 Å². The Hall–Kier alpha value is -2.19. The number of halogens is 3. The molecule has 162 valence electrons. The van der Waals surface area contributed by atoms with Crippen molar-refractivity contribution in [1.29, 1.82) is 0 Å². The summed E-state index contributed by atoms with van der Waals surface area (Å²) in [6.45, 7) is 1.84. The number of nitrogens with zero attached hydrogens (tertiary/aromatic N) is 3. The molecular weight excluding hydrogens is 395 g/mol. The van der Waals surface area contributed by atoms with Gasteiger partial charge in [0, 0.05) is 18.0 Å². The van der Waals surface area contributed by atoms with Crippen molar-refractivity contribution in [3.8, 4) is 17.0 Å². The monoisotopic (exact) mass is 421 g/mol. The molecule has 2 aliphatic rings. The molecule has 0 saturated carbocycles. The molecule has 1 aliphatic carbocycles. The molecule has 2 heterocycles. The maximum atomic E-state index is 13.1. The third-order valence-corrected chi connectivity index (χ3v) is 6.24. The van der Waals surface area contributed by atoms with E-state index < -0.39 is 17.8 Å². The minimum atomic E-state index is -4.44. The maximum Gasteiger partial charge on any atom is 0.416 e. The Morgan fingerprint density at radius 3 is 2.63 bits per heavy atom. The number of piperidine rings is 1. The fourth-order valence-electron chi connectivity index (χ4n) is 4.72. The van der Waals surface area contributed by atoms with Gasteiger partial charge in [-0.1, -0.05) is 0 Å². The van der Waals surface area contributed by atoms with E-state index in [-0.39, 0.29) is 11.7 Å². The Bertz CT molecular complexity index is 933. The third kappa shape index (κ3) is 3.90. The number of fused-ring (bicyclic) bond motifs is 1. The smallest absolute Gasteiger partial charge is 0.416 e. The van der Waals surface area contributed by atoms with Gasteiger partial charge in [-0.15, -0.1) is 5.10 Å². The van der Waals surface area contributed by atoms with Gasteiger partial charge in [0.25, 0.3) is 0 Å². The highest BCUT2D eigenvalue weighted by Crippen LogP contribution is 2.41. The fraction of sp³-hybridized carbons (Fsp3) is 0.545. The first-order chi connectivity index (χ1) is 14.3. The molecule has 0 spiro atoms. The van der Waals surface area contributed by atoms with Crippen LogP contribution in [0.3, 0.4) is 0 Å². The first kappa shape index (κ1) is 21.1. The average Bonchev–Trinajstić information content (AvgIpc) is 3.21. The zero-order valence-corrected chi connectivity index (χ0v) is 17.2. The van der Waals surface area contributed by atoms with Gasteiger partial charge in [-0.2, -0.15) is 18.3 Å². The second-order valence-electron chi connectivity index (χ2n) is 8.27. The van der Waals surface area contributed by atoms with Crippen LogP contribution in [0.5, 0.6) is 5.75 Å². The zero-order chi connectivity index (χ0) is 21.5. The van der Waals surface area contributed by atoms with E-state index in [0.717, 1.165) is 68.5 Å². The number of benzene rings is 1. The lowest BCUT2D eigenvalue weighted by Gasteiger charge is -2.33.